The van der Waals surface area contributed by atoms with Crippen LogP contribution in [0.1, 0.15) is 30.4 Å². The first-order valence-electron chi connectivity index (χ1n) is 4.83. The monoisotopic (exact) mass is 177 g/mol. The summed E-state index contributed by atoms with van der Waals surface area (Å²) in [4.78, 5) is 0. The molecule has 2 N–H and O–H groups in total. The van der Waals surface area contributed by atoms with Crippen molar-refractivity contribution in [1.29, 1.82) is 0 Å². The van der Waals surface area contributed by atoms with Crippen molar-refractivity contribution in [3.05, 3.63) is 29.3 Å². The molecule has 0 bridgehead atoms. The van der Waals surface area contributed by atoms with E-state index >= 15 is 0 Å². The molecule has 0 saturated carbocycles. The van der Waals surface area contributed by atoms with E-state index in [0.717, 1.165) is 19.5 Å². The highest BCUT2D eigenvalue weighted by Gasteiger charge is 2.18. The van der Waals surface area contributed by atoms with Crippen LogP contribution >= 0.6 is 0 Å². The van der Waals surface area contributed by atoms with Crippen molar-refractivity contribution in [3.63, 3.8) is 0 Å². The van der Waals surface area contributed by atoms with Gasteiger partial charge in [-0.05, 0) is 35.6 Å². The summed E-state index contributed by atoms with van der Waals surface area (Å²) in [5, 5.41) is 12.8. The number of hydrogen-bond donors (Lipinski definition) is 2. The van der Waals surface area contributed by atoms with Crippen molar-refractivity contribution >= 4 is 0 Å². The Hall–Kier alpha value is -1.02. The van der Waals surface area contributed by atoms with Crippen molar-refractivity contribution in [2.45, 2.75) is 25.8 Å². The van der Waals surface area contributed by atoms with Crippen molar-refractivity contribution in [1.82, 2.24) is 5.32 Å². The summed E-state index contributed by atoms with van der Waals surface area (Å²) in [7, 11) is 0. The van der Waals surface area contributed by atoms with Crippen LogP contribution in [0, 0.1) is 0 Å². The first-order valence-corrected chi connectivity index (χ1v) is 4.83. The van der Waals surface area contributed by atoms with E-state index in [-0.39, 0.29) is 0 Å². The highest BCUT2D eigenvalue weighted by molar-refractivity contribution is 5.38. The number of rotatable bonds is 1. The van der Waals surface area contributed by atoms with Crippen LogP contribution in [-0.4, -0.2) is 11.7 Å². The van der Waals surface area contributed by atoms with Gasteiger partial charge in [0.25, 0.3) is 0 Å². The van der Waals surface area contributed by atoms with E-state index < -0.39 is 0 Å². The molecule has 13 heavy (non-hydrogen) atoms. The van der Waals surface area contributed by atoms with E-state index in [9.17, 15) is 5.11 Å². The Morgan fingerprint density at radius 2 is 2.38 bits per heavy atom. The maximum Gasteiger partial charge on any atom is 0.115 e. The van der Waals surface area contributed by atoms with Gasteiger partial charge in [0.15, 0.2) is 0 Å². The summed E-state index contributed by atoms with van der Waals surface area (Å²) in [6.07, 6.45) is 1.13. The van der Waals surface area contributed by atoms with Crippen molar-refractivity contribution in [3.8, 4) is 5.75 Å². The quantitative estimate of drug-likeness (QED) is 0.687. The second-order valence-electron chi connectivity index (χ2n) is 3.62. The molecule has 1 unspecified atom stereocenters. The smallest absolute Gasteiger partial charge is 0.115 e. The summed E-state index contributed by atoms with van der Waals surface area (Å²) in [6, 6.07) is 5.68. The van der Waals surface area contributed by atoms with Crippen LogP contribution in [0.2, 0.25) is 0 Å². The normalized spacial score (nSPS) is 21.2. The first kappa shape index (κ1) is 8.57. The summed E-state index contributed by atoms with van der Waals surface area (Å²) in [6.45, 7) is 4.16. The number of fused-ring (bicyclic) bond motifs is 1. The van der Waals surface area contributed by atoms with Crippen LogP contribution < -0.4 is 5.32 Å². The minimum Gasteiger partial charge on any atom is -0.508 e. The minimum atomic E-state index is 0.388. The molecule has 2 nitrogen and oxygen atoms in total. The number of hydrogen-bond acceptors (Lipinski definition) is 2. The summed E-state index contributed by atoms with van der Waals surface area (Å²) < 4.78 is 0. The van der Waals surface area contributed by atoms with Gasteiger partial charge in [-0.2, -0.15) is 0 Å². The van der Waals surface area contributed by atoms with Gasteiger partial charge < -0.3 is 10.4 Å². The lowest BCUT2D eigenvalue weighted by Gasteiger charge is -2.25. The Morgan fingerprint density at radius 3 is 3.15 bits per heavy atom. The van der Waals surface area contributed by atoms with Gasteiger partial charge in [0.05, 0.1) is 0 Å². The Kier molecular flexibility index (Phi) is 2.23. The number of aromatic hydroxyl groups is 1. The first-order chi connectivity index (χ1) is 6.31. The van der Waals surface area contributed by atoms with E-state index in [1.807, 2.05) is 12.1 Å². The van der Waals surface area contributed by atoms with Gasteiger partial charge >= 0.3 is 0 Å². The summed E-state index contributed by atoms with van der Waals surface area (Å²) >= 11 is 0. The van der Waals surface area contributed by atoms with Crippen LogP contribution in [0.3, 0.4) is 0 Å². The van der Waals surface area contributed by atoms with E-state index in [0.29, 0.717) is 11.7 Å². The average Bonchev–Trinajstić information content (AvgIpc) is 2.17. The Morgan fingerprint density at radius 1 is 1.54 bits per heavy atom. The predicted octanol–water partition coefficient (Wildman–Crippen LogP) is 1.99. The topological polar surface area (TPSA) is 32.3 Å². The number of benzene rings is 1. The number of phenolic OH excluding ortho intramolecular Hbond substituents is 1. The van der Waals surface area contributed by atoms with Gasteiger partial charge in [-0.25, -0.2) is 0 Å². The van der Waals surface area contributed by atoms with Crippen molar-refractivity contribution in [2.24, 2.45) is 0 Å². The predicted molar refractivity (Wildman–Crippen MR) is 52.8 cm³/mol. The molecule has 1 aliphatic rings. The van der Waals surface area contributed by atoms with Gasteiger partial charge in [-0.3, -0.25) is 0 Å². The molecule has 1 aromatic rings. The molecular formula is C11H15NO. The maximum absolute atomic E-state index is 9.38. The molecule has 1 atom stereocenters. The van der Waals surface area contributed by atoms with Crippen LogP contribution in [0.4, 0.5) is 0 Å². The summed E-state index contributed by atoms with van der Waals surface area (Å²) in [5.74, 6) is 0.954. The molecule has 70 valence electrons. The van der Waals surface area contributed by atoms with E-state index in [1.54, 1.807) is 6.07 Å². The highest BCUT2D eigenvalue weighted by atomic mass is 16.3. The number of phenols is 1. The molecule has 0 radical (unpaired) electrons. The molecule has 1 aromatic carbocycles. The van der Waals surface area contributed by atoms with Crippen LogP contribution in [-0.2, 0) is 6.54 Å². The molecule has 0 aromatic heterocycles. The Labute approximate surface area is 78.6 Å². The zero-order chi connectivity index (χ0) is 9.26. The van der Waals surface area contributed by atoms with E-state index in [2.05, 4.69) is 12.2 Å². The minimum absolute atomic E-state index is 0.388. The lowest BCUT2D eigenvalue weighted by atomic mass is 9.89. The Bertz CT molecular complexity index is 309. The lowest BCUT2D eigenvalue weighted by Crippen LogP contribution is -2.27. The fourth-order valence-electron chi connectivity index (χ4n) is 1.98. The molecular weight excluding hydrogens is 162 g/mol. The number of nitrogens with one attached hydrogen (secondary N) is 1. The Balaban J connectivity index is 2.41. The molecule has 1 aliphatic heterocycles. The molecule has 2 heteroatoms. The van der Waals surface area contributed by atoms with E-state index in [1.165, 1.54) is 11.1 Å². The fourth-order valence-corrected chi connectivity index (χ4v) is 1.98. The molecule has 0 aliphatic carbocycles. The maximum atomic E-state index is 9.38. The van der Waals surface area contributed by atoms with Crippen molar-refractivity contribution < 1.29 is 5.11 Å². The zero-order valence-electron chi connectivity index (χ0n) is 7.88. The van der Waals surface area contributed by atoms with Gasteiger partial charge in [0.2, 0.25) is 0 Å². The molecule has 2 rings (SSSR count). The lowest BCUT2D eigenvalue weighted by molar-refractivity contribution is 0.468. The van der Waals surface area contributed by atoms with Crippen LogP contribution in [0.15, 0.2) is 18.2 Å². The highest BCUT2D eigenvalue weighted by Crippen LogP contribution is 2.29. The second kappa shape index (κ2) is 3.38. The molecule has 1 heterocycles. The van der Waals surface area contributed by atoms with Crippen LogP contribution in [0.5, 0.6) is 5.75 Å². The largest absolute Gasteiger partial charge is 0.508 e. The fraction of sp³-hybridized carbons (Fsp3) is 0.455. The SMILES string of the molecule is CCC1CNCc2ccc(O)cc21. The van der Waals surface area contributed by atoms with Gasteiger partial charge in [0, 0.05) is 13.1 Å². The molecule has 0 fully saturated rings. The zero-order valence-corrected chi connectivity index (χ0v) is 7.88. The molecule has 0 amide bonds. The third-order valence-corrected chi connectivity index (χ3v) is 2.77. The third kappa shape index (κ3) is 1.54. The van der Waals surface area contributed by atoms with Crippen molar-refractivity contribution in [2.75, 3.05) is 6.54 Å². The average molecular weight is 177 g/mol. The second-order valence-corrected chi connectivity index (χ2v) is 3.62. The summed E-state index contributed by atoms with van der Waals surface area (Å²) in [5.41, 5.74) is 2.65. The standard InChI is InChI=1S/C11H15NO/c1-2-8-6-12-7-9-3-4-10(13)5-11(8)9/h3-5,8,12-13H,2,6-7H2,1H3. The molecule has 0 saturated heterocycles. The van der Waals surface area contributed by atoms with Crippen LogP contribution in [0.25, 0.3) is 0 Å². The van der Waals surface area contributed by atoms with E-state index in [4.69, 9.17) is 0 Å². The van der Waals surface area contributed by atoms with Gasteiger partial charge in [-0.15, -0.1) is 0 Å². The van der Waals surface area contributed by atoms with Gasteiger partial charge in [-0.1, -0.05) is 13.0 Å². The molecule has 0 spiro atoms. The third-order valence-electron chi connectivity index (χ3n) is 2.77. The van der Waals surface area contributed by atoms with Gasteiger partial charge in [0.1, 0.15) is 5.75 Å².